The van der Waals surface area contributed by atoms with Crippen LogP contribution < -0.4 is 5.69 Å². The fraction of sp³-hybridized carbons (Fsp3) is 0.333. The van der Waals surface area contributed by atoms with Crippen LogP contribution >= 0.6 is 23.4 Å². The number of hydrogen-bond donors (Lipinski definition) is 1. The van der Waals surface area contributed by atoms with Crippen LogP contribution in [0.2, 0.25) is 5.28 Å². The molecule has 2 aromatic rings. The molecule has 0 saturated carbocycles. The first-order valence-electron chi connectivity index (χ1n) is 5.02. The van der Waals surface area contributed by atoms with Gasteiger partial charge in [-0.3, -0.25) is 4.57 Å². The highest BCUT2D eigenvalue weighted by Gasteiger charge is 2.10. The van der Waals surface area contributed by atoms with E-state index in [0.29, 0.717) is 16.7 Å². The maximum Gasteiger partial charge on any atom is 0.343 e. The second kappa shape index (κ2) is 5.33. The lowest BCUT2D eigenvalue weighted by molar-refractivity contribution is 0.603. The minimum atomic E-state index is -0.213. The molecule has 90 valence electrons. The summed E-state index contributed by atoms with van der Waals surface area (Å²) in [5, 5.41) is 7.77. The van der Waals surface area contributed by atoms with Gasteiger partial charge in [0, 0.05) is 12.7 Å². The van der Waals surface area contributed by atoms with Crippen molar-refractivity contribution in [3.63, 3.8) is 0 Å². The second-order valence-electron chi connectivity index (χ2n) is 3.23. The van der Waals surface area contributed by atoms with Crippen LogP contribution in [-0.2, 0) is 6.54 Å². The highest BCUT2D eigenvalue weighted by Crippen LogP contribution is 2.23. The molecule has 0 amide bonds. The number of nitrogens with one attached hydrogen (secondary N) is 1. The van der Waals surface area contributed by atoms with Crippen molar-refractivity contribution in [1.29, 1.82) is 0 Å². The molecule has 2 aromatic heterocycles. The molecule has 0 aromatic carbocycles. The van der Waals surface area contributed by atoms with E-state index in [-0.39, 0.29) is 11.0 Å². The molecule has 2 rings (SSSR count). The van der Waals surface area contributed by atoms with Crippen LogP contribution in [-0.4, -0.2) is 24.7 Å². The molecular formula is C9H10ClN5OS. The Morgan fingerprint density at radius 1 is 1.59 bits per heavy atom. The lowest BCUT2D eigenvalue weighted by atomic mass is 10.5. The number of aromatic amines is 1. The highest BCUT2D eigenvalue weighted by molar-refractivity contribution is 7.99. The summed E-state index contributed by atoms with van der Waals surface area (Å²) in [5.74, 6) is 0. The molecule has 0 spiro atoms. The number of rotatable bonds is 4. The first-order valence-corrected chi connectivity index (χ1v) is 6.21. The summed E-state index contributed by atoms with van der Waals surface area (Å²) in [6.45, 7) is 2.62. The standard InChI is InChI=1S/C9H10ClN5OS/c1-2-5-15-8(16)13-14-9(15)17-6-3-4-11-7(10)12-6/h3-4H,2,5H2,1H3,(H,13,16). The molecule has 8 heteroatoms. The Kier molecular flexibility index (Phi) is 3.80. The van der Waals surface area contributed by atoms with Crippen molar-refractivity contribution in [2.45, 2.75) is 30.1 Å². The third-order valence-corrected chi connectivity index (χ3v) is 3.08. The zero-order valence-electron chi connectivity index (χ0n) is 9.05. The fourth-order valence-corrected chi connectivity index (χ4v) is 2.29. The van der Waals surface area contributed by atoms with Crippen molar-refractivity contribution in [3.8, 4) is 0 Å². The summed E-state index contributed by atoms with van der Waals surface area (Å²) in [6, 6.07) is 1.71. The quantitative estimate of drug-likeness (QED) is 0.675. The van der Waals surface area contributed by atoms with E-state index >= 15 is 0 Å². The Balaban J connectivity index is 2.27. The monoisotopic (exact) mass is 271 g/mol. The average molecular weight is 272 g/mol. The van der Waals surface area contributed by atoms with Crippen molar-refractivity contribution in [2.75, 3.05) is 0 Å². The van der Waals surface area contributed by atoms with Crippen LogP contribution in [0.5, 0.6) is 0 Å². The predicted octanol–water partition coefficient (Wildman–Crippen LogP) is 1.58. The fourth-order valence-electron chi connectivity index (χ4n) is 1.27. The second-order valence-corrected chi connectivity index (χ2v) is 4.55. The summed E-state index contributed by atoms with van der Waals surface area (Å²) >= 11 is 6.96. The van der Waals surface area contributed by atoms with E-state index in [9.17, 15) is 4.79 Å². The Bertz CT molecular complexity index is 567. The molecule has 0 radical (unpaired) electrons. The van der Waals surface area contributed by atoms with Crippen LogP contribution in [0.25, 0.3) is 0 Å². The van der Waals surface area contributed by atoms with Crippen molar-refractivity contribution >= 4 is 23.4 Å². The van der Waals surface area contributed by atoms with Gasteiger partial charge in [-0.2, -0.15) is 0 Å². The van der Waals surface area contributed by atoms with Gasteiger partial charge < -0.3 is 0 Å². The van der Waals surface area contributed by atoms with Gasteiger partial charge in [-0.25, -0.2) is 19.9 Å². The minimum absolute atomic E-state index is 0.176. The SMILES string of the molecule is CCCn1c(Sc2ccnc(Cl)n2)n[nH]c1=O. The van der Waals surface area contributed by atoms with E-state index < -0.39 is 0 Å². The van der Waals surface area contributed by atoms with E-state index in [1.165, 1.54) is 11.8 Å². The summed E-state index contributed by atoms with van der Waals surface area (Å²) in [4.78, 5) is 19.3. The Morgan fingerprint density at radius 2 is 2.41 bits per heavy atom. The summed E-state index contributed by atoms with van der Waals surface area (Å²) in [6.07, 6.45) is 2.42. The maximum atomic E-state index is 11.5. The van der Waals surface area contributed by atoms with Gasteiger partial charge in [0.25, 0.3) is 0 Å². The van der Waals surface area contributed by atoms with Crippen LogP contribution in [0.15, 0.2) is 27.2 Å². The van der Waals surface area contributed by atoms with Crippen LogP contribution in [0, 0.1) is 0 Å². The third-order valence-electron chi connectivity index (χ3n) is 1.97. The van der Waals surface area contributed by atoms with Crippen LogP contribution in [0.1, 0.15) is 13.3 Å². The van der Waals surface area contributed by atoms with Gasteiger partial charge in [0.15, 0.2) is 5.16 Å². The maximum absolute atomic E-state index is 11.5. The van der Waals surface area contributed by atoms with E-state index in [0.717, 1.165) is 6.42 Å². The van der Waals surface area contributed by atoms with Gasteiger partial charge in [-0.1, -0.05) is 6.92 Å². The molecule has 0 aliphatic heterocycles. The summed E-state index contributed by atoms with van der Waals surface area (Å²) in [5.41, 5.74) is -0.213. The van der Waals surface area contributed by atoms with Crippen LogP contribution in [0.4, 0.5) is 0 Å². The minimum Gasteiger partial charge on any atom is -0.270 e. The normalized spacial score (nSPS) is 10.7. The van der Waals surface area contributed by atoms with Gasteiger partial charge in [0.1, 0.15) is 5.03 Å². The summed E-state index contributed by atoms with van der Waals surface area (Å²) in [7, 11) is 0. The van der Waals surface area contributed by atoms with Crippen molar-refractivity contribution in [3.05, 3.63) is 28.0 Å². The van der Waals surface area contributed by atoms with E-state index in [1.807, 2.05) is 6.92 Å². The molecule has 0 aliphatic rings. The molecule has 17 heavy (non-hydrogen) atoms. The first-order chi connectivity index (χ1) is 8.20. The highest BCUT2D eigenvalue weighted by atomic mass is 35.5. The molecule has 1 N–H and O–H groups in total. The van der Waals surface area contributed by atoms with E-state index in [2.05, 4.69) is 20.2 Å². The number of hydrogen-bond acceptors (Lipinski definition) is 5. The number of H-pyrrole nitrogens is 1. The molecule has 0 saturated heterocycles. The molecule has 0 fully saturated rings. The lowest BCUT2D eigenvalue weighted by Gasteiger charge is -2.02. The average Bonchev–Trinajstić information content (AvgIpc) is 2.62. The Hall–Kier alpha value is -1.34. The van der Waals surface area contributed by atoms with Gasteiger partial charge in [0.2, 0.25) is 5.28 Å². The first kappa shape index (κ1) is 12.1. The number of halogens is 1. The Morgan fingerprint density at radius 3 is 3.12 bits per heavy atom. The smallest absolute Gasteiger partial charge is 0.270 e. The largest absolute Gasteiger partial charge is 0.343 e. The number of nitrogens with zero attached hydrogens (tertiary/aromatic N) is 4. The molecule has 0 unspecified atom stereocenters. The lowest BCUT2D eigenvalue weighted by Crippen LogP contribution is -2.17. The summed E-state index contributed by atoms with van der Waals surface area (Å²) < 4.78 is 1.57. The molecule has 2 heterocycles. The molecule has 6 nitrogen and oxygen atoms in total. The third kappa shape index (κ3) is 2.86. The van der Waals surface area contributed by atoms with E-state index in [4.69, 9.17) is 11.6 Å². The van der Waals surface area contributed by atoms with Crippen molar-refractivity contribution < 1.29 is 0 Å². The molecular weight excluding hydrogens is 262 g/mol. The van der Waals surface area contributed by atoms with Gasteiger partial charge >= 0.3 is 5.69 Å². The van der Waals surface area contributed by atoms with Crippen LogP contribution in [0.3, 0.4) is 0 Å². The zero-order valence-corrected chi connectivity index (χ0v) is 10.6. The molecule has 0 atom stereocenters. The van der Waals surface area contributed by atoms with Gasteiger partial charge in [0.05, 0.1) is 0 Å². The van der Waals surface area contributed by atoms with E-state index in [1.54, 1.807) is 16.8 Å². The van der Waals surface area contributed by atoms with Gasteiger partial charge in [-0.05, 0) is 35.9 Å². The molecule has 0 aliphatic carbocycles. The van der Waals surface area contributed by atoms with Crippen molar-refractivity contribution in [2.24, 2.45) is 0 Å². The topological polar surface area (TPSA) is 76.5 Å². The zero-order chi connectivity index (χ0) is 12.3. The molecule has 0 bridgehead atoms. The van der Waals surface area contributed by atoms with Crippen molar-refractivity contribution in [1.82, 2.24) is 24.7 Å². The predicted molar refractivity (Wildman–Crippen MR) is 64.3 cm³/mol. The van der Waals surface area contributed by atoms with Gasteiger partial charge in [-0.15, -0.1) is 5.10 Å². The number of aromatic nitrogens is 5. The Labute approximate surface area is 106 Å².